The molecule has 2 rings (SSSR count). The van der Waals surface area contributed by atoms with E-state index in [4.69, 9.17) is 0 Å². The van der Waals surface area contributed by atoms with E-state index in [-0.39, 0.29) is 11.9 Å². The quantitative estimate of drug-likeness (QED) is 0.787. The molecule has 0 bridgehead atoms. The molecule has 0 spiro atoms. The monoisotopic (exact) mass is 323 g/mol. The molecule has 0 radical (unpaired) electrons. The van der Waals surface area contributed by atoms with Crippen LogP contribution in [0.15, 0.2) is 12.1 Å². The fourth-order valence-electron chi connectivity index (χ4n) is 3.10. The first-order chi connectivity index (χ1) is 10.6. The molecule has 22 heavy (non-hydrogen) atoms. The van der Waals surface area contributed by atoms with E-state index >= 15 is 0 Å². The summed E-state index contributed by atoms with van der Waals surface area (Å²) in [5.41, 5.74) is 0. The van der Waals surface area contributed by atoms with Crippen molar-refractivity contribution in [3.63, 3.8) is 0 Å². The van der Waals surface area contributed by atoms with Crippen LogP contribution in [0.25, 0.3) is 0 Å². The number of hydrogen-bond acceptors (Lipinski definition) is 3. The molecule has 1 aromatic heterocycles. The Hall–Kier alpha value is -1.36. The molecular weight excluding hydrogens is 298 g/mol. The molecule has 122 valence electrons. The summed E-state index contributed by atoms with van der Waals surface area (Å²) in [6.07, 6.45) is 6.68. The van der Waals surface area contributed by atoms with Crippen molar-refractivity contribution in [1.82, 2.24) is 5.32 Å². The molecule has 2 N–H and O–H groups in total. The summed E-state index contributed by atoms with van der Waals surface area (Å²) in [5.74, 6) is -1.21. The van der Waals surface area contributed by atoms with E-state index < -0.39 is 11.9 Å². The van der Waals surface area contributed by atoms with Crippen molar-refractivity contribution in [3.8, 4) is 0 Å². The minimum absolute atomic E-state index is 0.00794. The van der Waals surface area contributed by atoms with Gasteiger partial charge in [0.1, 0.15) is 0 Å². The fraction of sp³-hybridized carbons (Fsp3) is 0.647. The molecule has 4 nitrogen and oxygen atoms in total. The predicted octanol–water partition coefficient (Wildman–Crippen LogP) is 3.53. The van der Waals surface area contributed by atoms with Crippen molar-refractivity contribution in [2.24, 2.45) is 5.92 Å². The Balaban J connectivity index is 1.78. The maximum atomic E-state index is 12.1. The van der Waals surface area contributed by atoms with Crippen molar-refractivity contribution in [2.75, 3.05) is 0 Å². The molecule has 0 aromatic carbocycles. The third-order valence-corrected chi connectivity index (χ3v) is 5.36. The lowest BCUT2D eigenvalue weighted by molar-refractivity contribution is -0.143. The number of amides is 1. The molecule has 0 saturated heterocycles. The summed E-state index contributed by atoms with van der Waals surface area (Å²) in [6.45, 7) is 2.08. The van der Waals surface area contributed by atoms with E-state index in [1.54, 1.807) is 11.3 Å². The minimum atomic E-state index is -0.777. The molecule has 0 unspecified atom stereocenters. The SMILES string of the molecule is Cc1ccc(CCCC(=O)N[C@H]2CCCCC[C@H]2C(=O)O)s1. The summed E-state index contributed by atoms with van der Waals surface area (Å²) in [6, 6.07) is 4.02. The fourth-order valence-corrected chi connectivity index (χ4v) is 4.03. The highest BCUT2D eigenvalue weighted by Crippen LogP contribution is 2.24. The minimum Gasteiger partial charge on any atom is -0.481 e. The number of thiophene rings is 1. The van der Waals surface area contributed by atoms with Crippen LogP contribution in [0.4, 0.5) is 0 Å². The van der Waals surface area contributed by atoms with Crippen molar-refractivity contribution in [3.05, 3.63) is 21.9 Å². The van der Waals surface area contributed by atoms with E-state index in [2.05, 4.69) is 24.4 Å². The van der Waals surface area contributed by atoms with Crippen LogP contribution < -0.4 is 5.32 Å². The summed E-state index contributed by atoms with van der Waals surface area (Å²) in [7, 11) is 0. The van der Waals surface area contributed by atoms with E-state index in [0.717, 1.165) is 38.5 Å². The zero-order valence-corrected chi connectivity index (χ0v) is 14.0. The third-order valence-electron chi connectivity index (χ3n) is 4.30. The molecule has 0 aliphatic heterocycles. The molecule has 1 amide bonds. The van der Waals surface area contributed by atoms with Gasteiger partial charge in [-0.1, -0.05) is 19.3 Å². The number of carbonyl (C=O) groups is 2. The van der Waals surface area contributed by atoms with Crippen LogP contribution in [0.5, 0.6) is 0 Å². The zero-order valence-electron chi connectivity index (χ0n) is 13.1. The van der Waals surface area contributed by atoms with Crippen LogP contribution in [-0.4, -0.2) is 23.0 Å². The standard InChI is InChI=1S/C17H25NO3S/c1-12-10-11-13(22-12)6-5-9-16(19)18-15-8-4-2-3-7-14(15)17(20)21/h10-11,14-15H,2-9H2,1H3,(H,18,19)(H,20,21)/t14-,15+/m1/s1. The highest BCUT2D eigenvalue weighted by Gasteiger charge is 2.30. The van der Waals surface area contributed by atoms with Gasteiger partial charge in [0.2, 0.25) is 5.91 Å². The smallest absolute Gasteiger partial charge is 0.308 e. The van der Waals surface area contributed by atoms with Crippen LogP contribution >= 0.6 is 11.3 Å². The Morgan fingerprint density at radius 2 is 2.05 bits per heavy atom. The van der Waals surface area contributed by atoms with Gasteiger partial charge in [-0.15, -0.1) is 11.3 Å². The second-order valence-corrected chi connectivity index (χ2v) is 7.50. The summed E-state index contributed by atoms with van der Waals surface area (Å²) in [4.78, 5) is 26.0. The maximum absolute atomic E-state index is 12.1. The molecule has 2 atom stereocenters. The lowest BCUT2D eigenvalue weighted by atomic mass is 9.94. The predicted molar refractivity (Wildman–Crippen MR) is 88.1 cm³/mol. The van der Waals surface area contributed by atoms with E-state index in [1.165, 1.54) is 9.75 Å². The number of carbonyl (C=O) groups excluding carboxylic acids is 1. The molecule has 1 aromatic rings. The zero-order chi connectivity index (χ0) is 15.9. The number of aliphatic carboxylic acids is 1. The topological polar surface area (TPSA) is 66.4 Å². The van der Waals surface area contributed by atoms with Gasteiger partial charge in [0.25, 0.3) is 0 Å². The van der Waals surface area contributed by atoms with Gasteiger partial charge < -0.3 is 10.4 Å². The Labute approximate surface area is 135 Å². The Kier molecular flexibility index (Phi) is 6.43. The third kappa shape index (κ3) is 5.13. The second-order valence-electron chi connectivity index (χ2n) is 6.12. The number of hydrogen-bond donors (Lipinski definition) is 2. The summed E-state index contributed by atoms with van der Waals surface area (Å²) >= 11 is 1.77. The van der Waals surface area contributed by atoms with Gasteiger partial charge in [0.05, 0.1) is 5.92 Å². The largest absolute Gasteiger partial charge is 0.481 e. The summed E-state index contributed by atoms with van der Waals surface area (Å²) in [5, 5.41) is 12.3. The molecule has 1 fully saturated rings. The molecule has 5 heteroatoms. The first-order valence-electron chi connectivity index (χ1n) is 8.14. The maximum Gasteiger partial charge on any atom is 0.308 e. The van der Waals surface area contributed by atoms with E-state index in [9.17, 15) is 14.7 Å². The van der Waals surface area contributed by atoms with Crippen LogP contribution in [-0.2, 0) is 16.0 Å². The number of carboxylic acid groups (broad SMARTS) is 1. The van der Waals surface area contributed by atoms with Crippen LogP contribution in [0, 0.1) is 12.8 Å². The van der Waals surface area contributed by atoms with E-state index in [0.29, 0.717) is 12.8 Å². The van der Waals surface area contributed by atoms with Gasteiger partial charge in [0.15, 0.2) is 0 Å². The molecule has 1 aliphatic rings. The van der Waals surface area contributed by atoms with Crippen molar-refractivity contribution < 1.29 is 14.7 Å². The average molecular weight is 323 g/mol. The normalized spacial score (nSPS) is 22.0. The van der Waals surface area contributed by atoms with Gasteiger partial charge in [-0.05, 0) is 44.7 Å². The Morgan fingerprint density at radius 1 is 1.27 bits per heavy atom. The number of aryl methyl sites for hydroxylation is 2. The number of rotatable bonds is 6. The lowest BCUT2D eigenvalue weighted by Crippen LogP contribution is -2.42. The number of nitrogens with one attached hydrogen (secondary N) is 1. The van der Waals surface area contributed by atoms with E-state index in [1.807, 2.05) is 0 Å². The van der Waals surface area contributed by atoms with Crippen LogP contribution in [0.2, 0.25) is 0 Å². The van der Waals surface area contributed by atoms with Gasteiger partial charge in [0, 0.05) is 22.2 Å². The molecule has 1 aliphatic carbocycles. The van der Waals surface area contributed by atoms with Gasteiger partial charge in [-0.25, -0.2) is 0 Å². The van der Waals surface area contributed by atoms with Gasteiger partial charge in [-0.3, -0.25) is 9.59 Å². The van der Waals surface area contributed by atoms with Crippen molar-refractivity contribution in [1.29, 1.82) is 0 Å². The van der Waals surface area contributed by atoms with Crippen molar-refractivity contribution >= 4 is 23.2 Å². The number of carboxylic acids is 1. The van der Waals surface area contributed by atoms with Gasteiger partial charge in [-0.2, -0.15) is 0 Å². The Morgan fingerprint density at radius 3 is 2.73 bits per heavy atom. The highest BCUT2D eigenvalue weighted by atomic mass is 32.1. The highest BCUT2D eigenvalue weighted by molar-refractivity contribution is 7.11. The van der Waals surface area contributed by atoms with Crippen molar-refractivity contribution in [2.45, 2.75) is 64.3 Å². The van der Waals surface area contributed by atoms with Crippen LogP contribution in [0.3, 0.4) is 0 Å². The first-order valence-corrected chi connectivity index (χ1v) is 8.95. The Bertz CT molecular complexity index is 512. The van der Waals surface area contributed by atoms with Gasteiger partial charge >= 0.3 is 5.97 Å². The second kappa shape index (κ2) is 8.32. The lowest BCUT2D eigenvalue weighted by Gasteiger charge is -2.22. The van der Waals surface area contributed by atoms with Crippen LogP contribution in [0.1, 0.15) is 54.7 Å². The molecule has 1 heterocycles. The molecular formula is C17H25NO3S. The average Bonchev–Trinajstić information content (AvgIpc) is 2.72. The summed E-state index contributed by atoms with van der Waals surface area (Å²) < 4.78 is 0. The first kappa shape index (κ1) is 17.0. The molecule has 1 saturated carbocycles.